The van der Waals surface area contributed by atoms with Gasteiger partial charge in [0.05, 0.1) is 18.0 Å². The first-order valence-electron chi connectivity index (χ1n) is 7.23. The Hall–Kier alpha value is -1.97. The molecule has 4 heteroatoms. The molecule has 3 N–H and O–H groups in total. The van der Waals surface area contributed by atoms with Gasteiger partial charge < -0.3 is 15.6 Å². The van der Waals surface area contributed by atoms with Gasteiger partial charge in [-0.2, -0.15) is 5.10 Å². The highest BCUT2D eigenvalue weighted by Gasteiger charge is 2.20. The molecule has 0 amide bonds. The second-order valence-electron chi connectivity index (χ2n) is 5.82. The Bertz CT molecular complexity index is 655. The summed E-state index contributed by atoms with van der Waals surface area (Å²) in [7, 11) is 0. The molecule has 0 radical (unpaired) electrons. The molecule has 0 atom stereocenters. The number of hydrazone groups is 1. The predicted molar refractivity (Wildman–Crippen MR) is 82.3 cm³/mol. The number of nitrogens with one attached hydrogen (secondary N) is 1. The smallest absolute Gasteiger partial charge is 0.120 e. The Labute approximate surface area is 119 Å². The zero-order valence-electron chi connectivity index (χ0n) is 12.1. The molecule has 1 aliphatic carbocycles. The number of aromatic nitrogens is 1. The number of rotatable bonds is 3. The molecule has 2 aromatic rings. The summed E-state index contributed by atoms with van der Waals surface area (Å²) in [6.45, 7) is 5.05. The zero-order valence-corrected chi connectivity index (χ0v) is 12.1. The van der Waals surface area contributed by atoms with Crippen molar-refractivity contribution in [2.45, 2.75) is 33.1 Å². The first-order chi connectivity index (χ1) is 9.69. The molecule has 0 aliphatic heterocycles. The molecule has 0 spiro atoms. The van der Waals surface area contributed by atoms with Crippen molar-refractivity contribution >= 4 is 16.6 Å². The van der Waals surface area contributed by atoms with E-state index in [2.05, 4.69) is 36.1 Å². The highest BCUT2D eigenvalue weighted by molar-refractivity contribution is 6.06. The molecule has 1 aliphatic rings. The Morgan fingerprint density at radius 3 is 2.95 bits per heavy atom. The molecule has 1 heterocycles. The van der Waals surface area contributed by atoms with Gasteiger partial charge in [0, 0.05) is 10.9 Å². The van der Waals surface area contributed by atoms with Gasteiger partial charge >= 0.3 is 0 Å². The first-order valence-corrected chi connectivity index (χ1v) is 7.23. The van der Waals surface area contributed by atoms with Crippen molar-refractivity contribution in [3.63, 3.8) is 0 Å². The number of nitrogens with zero attached hydrogens (tertiary/aromatic N) is 1. The first kappa shape index (κ1) is 13.0. The molecule has 0 saturated carbocycles. The standard InChI is InChI=1S/C16H21N3O/c1-10(2)9-20-11-6-7-14-13(8-11)12-4-3-5-15(19-17)16(12)18-14/h6-8,10,18H,3-5,9,17H2,1-2H3/b19-15+. The molecule has 0 fully saturated rings. The van der Waals surface area contributed by atoms with Gasteiger partial charge in [-0.25, -0.2) is 0 Å². The molecule has 0 unspecified atom stereocenters. The number of hydrogen-bond donors (Lipinski definition) is 2. The van der Waals surface area contributed by atoms with Crippen LogP contribution < -0.4 is 10.6 Å². The van der Waals surface area contributed by atoms with Gasteiger partial charge in [0.2, 0.25) is 0 Å². The van der Waals surface area contributed by atoms with E-state index in [1.165, 1.54) is 10.9 Å². The average Bonchev–Trinajstić information content (AvgIpc) is 2.83. The van der Waals surface area contributed by atoms with E-state index < -0.39 is 0 Å². The number of fused-ring (bicyclic) bond motifs is 3. The Kier molecular flexibility index (Phi) is 3.38. The summed E-state index contributed by atoms with van der Waals surface area (Å²) in [5.74, 6) is 6.96. The quantitative estimate of drug-likeness (QED) is 0.665. The Morgan fingerprint density at radius 1 is 1.35 bits per heavy atom. The lowest BCUT2D eigenvalue weighted by Crippen LogP contribution is -2.12. The van der Waals surface area contributed by atoms with Crippen LogP contribution in [-0.4, -0.2) is 17.3 Å². The number of aryl methyl sites for hydroxylation is 1. The van der Waals surface area contributed by atoms with Crippen molar-refractivity contribution in [1.29, 1.82) is 0 Å². The van der Waals surface area contributed by atoms with Gasteiger partial charge in [-0.1, -0.05) is 13.8 Å². The summed E-state index contributed by atoms with van der Waals surface area (Å²) in [5.41, 5.74) is 4.54. The van der Waals surface area contributed by atoms with Crippen LogP contribution in [0, 0.1) is 5.92 Å². The minimum Gasteiger partial charge on any atom is -0.493 e. The number of nitrogens with two attached hydrogens (primary N) is 1. The van der Waals surface area contributed by atoms with Crippen LogP contribution in [0.15, 0.2) is 23.3 Å². The van der Waals surface area contributed by atoms with Gasteiger partial charge in [-0.05, 0) is 48.9 Å². The summed E-state index contributed by atoms with van der Waals surface area (Å²) >= 11 is 0. The summed E-state index contributed by atoms with van der Waals surface area (Å²) in [6, 6.07) is 6.23. The molecule has 106 valence electrons. The lowest BCUT2D eigenvalue weighted by Gasteiger charge is -2.13. The minimum absolute atomic E-state index is 0.529. The Balaban J connectivity index is 2.01. The zero-order chi connectivity index (χ0) is 14.1. The molecule has 1 aromatic heterocycles. The number of ether oxygens (including phenoxy) is 1. The predicted octanol–water partition coefficient (Wildman–Crippen LogP) is 3.20. The number of H-pyrrole nitrogens is 1. The van der Waals surface area contributed by atoms with E-state index in [1.54, 1.807) is 0 Å². The maximum absolute atomic E-state index is 5.82. The van der Waals surface area contributed by atoms with Crippen LogP contribution in [-0.2, 0) is 6.42 Å². The fourth-order valence-corrected chi connectivity index (χ4v) is 2.77. The van der Waals surface area contributed by atoms with E-state index in [4.69, 9.17) is 10.6 Å². The number of benzene rings is 1. The van der Waals surface area contributed by atoms with E-state index in [0.29, 0.717) is 5.92 Å². The molecular formula is C16H21N3O. The maximum Gasteiger partial charge on any atom is 0.120 e. The fraction of sp³-hybridized carbons (Fsp3) is 0.438. The molecule has 0 bridgehead atoms. The van der Waals surface area contributed by atoms with E-state index >= 15 is 0 Å². The van der Waals surface area contributed by atoms with Crippen LogP contribution >= 0.6 is 0 Å². The van der Waals surface area contributed by atoms with Crippen molar-refractivity contribution in [2.24, 2.45) is 16.9 Å². The maximum atomic E-state index is 5.82. The third-order valence-corrected chi connectivity index (χ3v) is 3.75. The Morgan fingerprint density at radius 2 is 2.20 bits per heavy atom. The normalized spacial score (nSPS) is 16.9. The van der Waals surface area contributed by atoms with E-state index in [0.717, 1.165) is 48.5 Å². The van der Waals surface area contributed by atoms with Crippen molar-refractivity contribution in [3.05, 3.63) is 29.5 Å². The number of aromatic amines is 1. The molecule has 4 nitrogen and oxygen atoms in total. The van der Waals surface area contributed by atoms with Crippen molar-refractivity contribution in [1.82, 2.24) is 4.98 Å². The van der Waals surface area contributed by atoms with Crippen molar-refractivity contribution < 1.29 is 4.74 Å². The summed E-state index contributed by atoms with van der Waals surface area (Å²) in [6.07, 6.45) is 3.13. The summed E-state index contributed by atoms with van der Waals surface area (Å²) < 4.78 is 5.82. The third-order valence-electron chi connectivity index (χ3n) is 3.75. The monoisotopic (exact) mass is 271 g/mol. The van der Waals surface area contributed by atoms with Gasteiger partial charge in [0.15, 0.2) is 0 Å². The third kappa shape index (κ3) is 2.26. The second-order valence-corrected chi connectivity index (χ2v) is 5.82. The molecule has 0 saturated heterocycles. The van der Waals surface area contributed by atoms with Gasteiger partial charge in [0.25, 0.3) is 0 Å². The van der Waals surface area contributed by atoms with Gasteiger partial charge in [0.1, 0.15) is 5.75 Å². The fourth-order valence-electron chi connectivity index (χ4n) is 2.77. The molecule has 1 aromatic carbocycles. The van der Waals surface area contributed by atoms with Crippen LogP contribution in [0.3, 0.4) is 0 Å². The van der Waals surface area contributed by atoms with Crippen LogP contribution in [0.2, 0.25) is 0 Å². The van der Waals surface area contributed by atoms with Crippen LogP contribution in [0.1, 0.15) is 37.9 Å². The topological polar surface area (TPSA) is 63.4 Å². The van der Waals surface area contributed by atoms with Crippen LogP contribution in [0.25, 0.3) is 10.9 Å². The number of hydrogen-bond acceptors (Lipinski definition) is 3. The summed E-state index contributed by atoms with van der Waals surface area (Å²) in [5, 5.41) is 5.16. The lowest BCUT2D eigenvalue weighted by molar-refractivity contribution is 0.271. The SMILES string of the molecule is CC(C)COc1ccc2[nH]c3c(c2c1)CCC/C3=N\N. The highest BCUT2D eigenvalue weighted by atomic mass is 16.5. The van der Waals surface area contributed by atoms with Gasteiger partial charge in [-0.3, -0.25) is 0 Å². The molecular weight excluding hydrogens is 250 g/mol. The highest BCUT2D eigenvalue weighted by Crippen LogP contribution is 2.31. The largest absolute Gasteiger partial charge is 0.493 e. The summed E-state index contributed by atoms with van der Waals surface area (Å²) in [4.78, 5) is 3.44. The van der Waals surface area contributed by atoms with Crippen LogP contribution in [0.5, 0.6) is 5.75 Å². The van der Waals surface area contributed by atoms with E-state index in [1.807, 2.05) is 6.07 Å². The van der Waals surface area contributed by atoms with E-state index in [9.17, 15) is 0 Å². The van der Waals surface area contributed by atoms with Gasteiger partial charge in [-0.15, -0.1) is 0 Å². The van der Waals surface area contributed by atoms with Crippen LogP contribution in [0.4, 0.5) is 0 Å². The second kappa shape index (κ2) is 5.19. The average molecular weight is 271 g/mol. The van der Waals surface area contributed by atoms with E-state index in [-0.39, 0.29) is 0 Å². The molecule has 20 heavy (non-hydrogen) atoms. The minimum atomic E-state index is 0.529. The van der Waals surface area contributed by atoms with Crippen molar-refractivity contribution in [2.75, 3.05) is 6.61 Å². The molecule has 3 rings (SSSR count). The lowest BCUT2D eigenvalue weighted by atomic mass is 9.94. The van der Waals surface area contributed by atoms with Crippen molar-refractivity contribution in [3.8, 4) is 5.75 Å².